The van der Waals surface area contributed by atoms with Crippen molar-refractivity contribution in [1.82, 2.24) is 4.90 Å². The van der Waals surface area contributed by atoms with Crippen LogP contribution < -0.4 is 0 Å². The largest absolute Gasteiger partial charge is 0.449 e. The van der Waals surface area contributed by atoms with Crippen LogP contribution in [0.4, 0.5) is 0 Å². The SMILES string of the molecule is C[C@@H](OC(=O)c1ccc2c(c1)CCC2)C(=O)N1CCc2ccccc2C1. The Balaban J connectivity index is 1.41. The summed E-state index contributed by atoms with van der Waals surface area (Å²) in [6, 6.07) is 13.9. The zero-order valence-electron chi connectivity index (χ0n) is 15.0. The van der Waals surface area contributed by atoms with Gasteiger partial charge in [0.2, 0.25) is 0 Å². The molecule has 1 aliphatic carbocycles. The van der Waals surface area contributed by atoms with E-state index in [0.29, 0.717) is 18.7 Å². The first kappa shape index (κ1) is 16.8. The standard InChI is InChI=1S/C22H23NO3/c1-15(21(24)23-12-11-17-5-2-3-6-20(17)14-23)26-22(25)19-10-9-16-7-4-8-18(16)13-19/h2-3,5-6,9-10,13,15H,4,7-8,11-12,14H2,1H3/t15-/m1/s1. The number of nitrogens with zero attached hydrogens (tertiary/aromatic N) is 1. The first-order valence-electron chi connectivity index (χ1n) is 9.30. The molecule has 2 aliphatic rings. The van der Waals surface area contributed by atoms with Crippen LogP contribution in [-0.4, -0.2) is 29.4 Å². The summed E-state index contributed by atoms with van der Waals surface area (Å²) in [7, 11) is 0. The molecule has 0 spiro atoms. The van der Waals surface area contributed by atoms with Gasteiger partial charge in [-0.2, -0.15) is 0 Å². The highest BCUT2D eigenvalue weighted by Gasteiger charge is 2.27. The summed E-state index contributed by atoms with van der Waals surface area (Å²) in [6.07, 6.45) is 3.29. The molecule has 0 saturated carbocycles. The summed E-state index contributed by atoms with van der Waals surface area (Å²) in [6.45, 7) is 2.90. The van der Waals surface area contributed by atoms with Crippen molar-refractivity contribution in [3.05, 3.63) is 70.3 Å². The van der Waals surface area contributed by atoms with E-state index in [9.17, 15) is 9.59 Å². The molecule has 2 aromatic rings. The van der Waals surface area contributed by atoms with Crippen LogP contribution in [-0.2, 0) is 35.3 Å². The second-order valence-electron chi connectivity index (χ2n) is 7.16. The summed E-state index contributed by atoms with van der Waals surface area (Å²) < 4.78 is 5.47. The molecule has 0 aromatic heterocycles. The quantitative estimate of drug-likeness (QED) is 0.799. The van der Waals surface area contributed by atoms with Gasteiger partial charge in [-0.3, -0.25) is 4.79 Å². The van der Waals surface area contributed by atoms with Crippen molar-refractivity contribution in [2.75, 3.05) is 6.54 Å². The van der Waals surface area contributed by atoms with Gasteiger partial charge in [-0.1, -0.05) is 30.3 Å². The molecule has 2 aromatic carbocycles. The molecule has 134 valence electrons. The predicted molar refractivity (Wildman–Crippen MR) is 98.9 cm³/mol. The molecule has 1 amide bonds. The Hall–Kier alpha value is -2.62. The number of amides is 1. The number of aryl methyl sites for hydroxylation is 2. The van der Waals surface area contributed by atoms with Crippen molar-refractivity contribution in [2.45, 2.75) is 45.3 Å². The molecule has 0 bridgehead atoms. The second-order valence-corrected chi connectivity index (χ2v) is 7.16. The lowest BCUT2D eigenvalue weighted by atomic mass is 9.99. The lowest BCUT2D eigenvalue weighted by Gasteiger charge is -2.30. The summed E-state index contributed by atoms with van der Waals surface area (Å²) in [4.78, 5) is 26.9. The zero-order chi connectivity index (χ0) is 18.1. The van der Waals surface area contributed by atoms with Crippen LogP contribution >= 0.6 is 0 Å². The van der Waals surface area contributed by atoms with E-state index in [-0.39, 0.29) is 5.91 Å². The minimum absolute atomic E-state index is 0.131. The molecule has 4 rings (SSSR count). The molecule has 0 radical (unpaired) electrons. The molecule has 0 N–H and O–H groups in total. The van der Waals surface area contributed by atoms with Gasteiger partial charge in [0.25, 0.3) is 5.91 Å². The highest BCUT2D eigenvalue weighted by Crippen LogP contribution is 2.24. The Morgan fingerprint density at radius 2 is 1.69 bits per heavy atom. The van der Waals surface area contributed by atoms with Crippen molar-refractivity contribution >= 4 is 11.9 Å². The molecule has 4 nitrogen and oxygen atoms in total. The van der Waals surface area contributed by atoms with Crippen molar-refractivity contribution in [2.24, 2.45) is 0 Å². The van der Waals surface area contributed by atoms with Crippen molar-refractivity contribution in [3.63, 3.8) is 0 Å². The normalized spacial score (nSPS) is 16.6. The Morgan fingerprint density at radius 1 is 0.962 bits per heavy atom. The fourth-order valence-corrected chi connectivity index (χ4v) is 3.92. The maximum atomic E-state index is 12.7. The third-order valence-electron chi connectivity index (χ3n) is 5.41. The summed E-state index contributed by atoms with van der Waals surface area (Å²) in [5.74, 6) is -0.549. The highest BCUT2D eigenvalue weighted by molar-refractivity contribution is 5.92. The molecule has 0 fully saturated rings. The van der Waals surface area contributed by atoms with Gasteiger partial charge in [-0.15, -0.1) is 0 Å². The Bertz CT molecular complexity index is 858. The number of carbonyl (C=O) groups excluding carboxylic acids is 2. The van der Waals surface area contributed by atoms with E-state index >= 15 is 0 Å². The number of fused-ring (bicyclic) bond motifs is 2. The smallest absolute Gasteiger partial charge is 0.338 e. The molecule has 26 heavy (non-hydrogen) atoms. The number of carbonyl (C=O) groups is 2. The molecular formula is C22H23NO3. The molecule has 1 atom stereocenters. The average molecular weight is 349 g/mol. The van der Waals surface area contributed by atoms with E-state index in [4.69, 9.17) is 4.74 Å². The van der Waals surface area contributed by atoms with Crippen LogP contribution in [0.5, 0.6) is 0 Å². The molecule has 0 unspecified atom stereocenters. The molecular weight excluding hydrogens is 326 g/mol. The maximum absolute atomic E-state index is 12.7. The van der Waals surface area contributed by atoms with Gasteiger partial charge in [-0.05, 0) is 67.0 Å². The summed E-state index contributed by atoms with van der Waals surface area (Å²) >= 11 is 0. The monoisotopic (exact) mass is 349 g/mol. The van der Waals surface area contributed by atoms with E-state index in [1.165, 1.54) is 22.3 Å². The van der Waals surface area contributed by atoms with E-state index in [0.717, 1.165) is 25.7 Å². The number of ether oxygens (including phenoxy) is 1. The fourth-order valence-electron chi connectivity index (χ4n) is 3.92. The van der Waals surface area contributed by atoms with E-state index in [1.54, 1.807) is 17.9 Å². The van der Waals surface area contributed by atoms with Gasteiger partial charge in [0.15, 0.2) is 6.10 Å². The van der Waals surface area contributed by atoms with Gasteiger partial charge >= 0.3 is 5.97 Å². The average Bonchev–Trinajstić information content (AvgIpc) is 3.14. The van der Waals surface area contributed by atoms with Crippen molar-refractivity contribution < 1.29 is 14.3 Å². The number of rotatable bonds is 3. The third-order valence-corrected chi connectivity index (χ3v) is 5.41. The van der Waals surface area contributed by atoms with Crippen molar-refractivity contribution in [3.8, 4) is 0 Å². The first-order chi connectivity index (χ1) is 12.6. The van der Waals surface area contributed by atoms with Gasteiger partial charge in [0, 0.05) is 13.1 Å². The molecule has 1 heterocycles. The van der Waals surface area contributed by atoms with Gasteiger partial charge < -0.3 is 9.64 Å². The number of hydrogen-bond acceptors (Lipinski definition) is 3. The van der Waals surface area contributed by atoms with Crippen LogP contribution in [0.2, 0.25) is 0 Å². The van der Waals surface area contributed by atoms with Crippen LogP contribution in [0.1, 0.15) is 46.0 Å². The summed E-state index contributed by atoms with van der Waals surface area (Å²) in [5, 5.41) is 0. The topological polar surface area (TPSA) is 46.6 Å². The van der Waals surface area contributed by atoms with Gasteiger partial charge in [0.05, 0.1) is 5.56 Å². The number of benzene rings is 2. The zero-order valence-corrected chi connectivity index (χ0v) is 15.0. The third kappa shape index (κ3) is 3.24. The van der Waals surface area contributed by atoms with E-state index < -0.39 is 12.1 Å². The first-order valence-corrected chi connectivity index (χ1v) is 9.30. The molecule has 1 aliphatic heterocycles. The Labute approximate surface area is 153 Å². The lowest BCUT2D eigenvalue weighted by Crippen LogP contribution is -2.42. The van der Waals surface area contributed by atoms with Crippen LogP contribution in [0, 0.1) is 0 Å². The number of hydrogen-bond donors (Lipinski definition) is 0. The minimum atomic E-state index is -0.777. The van der Waals surface area contributed by atoms with Crippen LogP contribution in [0.15, 0.2) is 42.5 Å². The summed E-state index contributed by atoms with van der Waals surface area (Å²) in [5.41, 5.74) is 5.54. The van der Waals surface area contributed by atoms with Gasteiger partial charge in [0.1, 0.15) is 0 Å². The van der Waals surface area contributed by atoms with Gasteiger partial charge in [-0.25, -0.2) is 4.79 Å². The molecule has 4 heteroatoms. The Kier molecular flexibility index (Phi) is 4.49. The minimum Gasteiger partial charge on any atom is -0.449 e. The van der Waals surface area contributed by atoms with Crippen LogP contribution in [0.3, 0.4) is 0 Å². The lowest BCUT2D eigenvalue weighted by molar-refractivity contribution is -0.140. The number of esters is 1. The van der Waals surface area contributed by atoms with E-state index in [1.807, 2.05) is 24.3 Å². The molecule has 0 saturated heterocycles. The van der Waals surface area contributed by atoms with E-state index in [2.05, 4.69) is 12.1 Å². The second kappa shape index (κ2) is 6.94. The van der Waals surface area contributed by atoms with Crippen molar-refractivity contribution in [1.29, 1.82) is 0 Å². The maximum Gasteiger partial charge on any atom is 0.338 e. The Morgan fingerprint density at radius 3 is 2.54 bits per heavy atom. The predicted octanol–water partition coefficient (Wildman–Crippen LogP) is 3.31. The van der Waals surface area contributed by atoms with Crippen LogP contribution in [0.25, 0.3) is 0 Å². The fraction of sp³-hybridized carbons (Fsp3) is 0.364. The highest BCUT2D eigenvalue weighted by atomic mass is 16.5.